The molecule has 1 amide bonds. The van der Waals surface area contributed by atoms with E-state index < -0.39 is 5.66 Å². The van der Waals surface area contributed by atoms with E-state index in [1.807, 2.05) is 37.3 Å². The Morgan fingerprint density at radius 1 is 1.35 bits per heavy atom. The van der Waals surface area contributed by atoms with Gasteiger partial charge in [0.25, 0.3) is 5.91 Å². The molecule has 1 heterocycles. The second-order valence-electron chi connectivity index (χ2n) is 6.60. The lowest BCUT2D eigenvalue weighted by atomic mass is 9.80. The van der Waals surface area contributed by atoms with Crippen LogP contribution in [0, 0.1) is 24.2 Å². The van der Waals surface area contributed by atoms with Crippen molar-refractivity contribution in [3.8, 4) is 6.07 Å². The lowest BCUT2D eigenvalue weighted by Crippen LogP contribution is -2.65. The maximum atomic E-state index is 12.4. The van der Waals surface area contributed by atoms with Gasteiger partial charge in [0.2, 0.25) is 0 Å². The van der Waals surface area contributed by atoms with Gasteiger partial charge in [-0.1, -0.05) is 25.1 Å². The topological polar surface area (TPSA) is 56.1 Å². The number of aryl methyl sites for hydroxylation is 1. The van der Waals surface area contributed by atoms with Gasteiger partial charge in [-0.2, -0.15) is 5.26 Å². The standard InChI is InChI=1S/C18H21N3OS/c1-12-7-9-18(10-8-12)20-16(22)14(11-19)17(23)21(18)15-6-4-3-5-13(15)2/h3-6,12,23H,7-10H2,1-2H3,(H,20,22). The van der Waals surface area contributed by atoms with Crippen molar-refractivity contribution in [1.82, 2.24) is 5.32 Å². The number of rotatable bonds is 1. The molecular weight excluding hydrogens is 306 g/mol. The molecular formula is C18H21N3OS. The summed E-state index contributed by atoms with van der Waals surface area (Å²) in [6, 6.07) is 10.0. The summed E-state index contributed by atoms with van der Waals surface area (Å²) in [4.78, 5) is 14.5. The lowest BCUT2D eigenvalue weighted by molar-refractivity contribution is -0.120. The molecule has 23 heavy (non-hydrogen) atoms. The lowest BCUT2D eigenvalue weighted by Gasteiger charge is -2.51. The van der Waals surface area contributed by atoms with Gasteiger partial charge in [0, 0.05) is 5.69 Å². The van der Waals surface area contributed by atoms with Crippen LogP contribution in [-0.2, 0) is 4.79 Å². The Balaban J connectivity index is 2.16. The van der Waals surface area contributed by atoms with Crippen LogP contribution in [0.1, 0.15) is 38.2 Å². The fourth-order valence-corrected chi connectivity index (χ4v) is 4.04. The van der Waals surface area contributed by atoms with E-state index in [0.717, 1.165) is 36.9 Å². The molecule has 3 rings (SSSR count). The molecule has 0 atom stereocenters. The number of thiol groups is 1. The van der Waals surface area contributed by atoms with E-state index in [2.05, 4.69) is 29.8 Å². The number of para-hydroxylation sites is 1. The molecule has 0 unspecified atom stereocenters. The Labute approximate surface area is 142 Å². The predicted octanol–water partition coefficient (Wildman–Crippen LogP) is 3.50. The van der Waals surface area contributed by atoms with Crippen LogP contribution in [0.3, 0.4) is 0 Å². The molecule has 120 valence electrons. The summed E-state index contributed by atoms with van der Waals surface area (Å²) >= 11 is 4.58. The first-order chi connectivity index (χ1) is 11.0. The Hall–Kier alpha value is -1.93. The molecule has 1 aliphatic heterocycles. The molecule has 0 aromatic heterocycles. The number of hydrogen-bond donors (Lipinski definition) is 2. The van der Waals surface area contributed by atoms with Gasteiger partial charge in [-0.25, -0.2) is 0 Å². The molecule has 1 spiro atoms. The summed E-state index contributed by atoms with van der Waals surface area (Å²) in [5, 5.41) is 12.9. The molecule has 1 aromatic carbocycles. The van der Waals surface area contributed by atoms with Crippen LogP contribution >= 0.6 is 12.6 Å². The number of amides is 1. The highest BCUT2D eigenvalue weighted by atomic mass is 32.1. The first-order valence-electron chi connectivity index (χ1n) is 8.00. The summed E-state index contributed by atoms with van der Waals surface area (Å²) in [7, 11) is 0. The number of hydrogen-bond acceptors (Lipinski definition) is 4. The third-order valence-corrected chi connectivity index (χ3v) is 5.43. The fourth-order valence-electron chi connectivity index (χ4n) is 3.59. The molecule has 1 aromatic rings. The number of nitrogens with zero attached hydrogens (tertiary/aromatic N) is 2. The molecule has 0 radical (unpaired) electrons. The van der Waals surface area contributed by atoms with E-state index >= 15 is 0 Å². The normalized spacial score (nSPS) is 27.8. The van der Waals surface area contributed by atoms with Crippen molar-refractivity contribution in [2.45, 2.75) is 45.2 Å². The van der Waals surface area contributed by atoms with Gasteiger partial charge < -0.3 is 10.2 Å². The number of carbonyl (C=O) groups is 1. The van der Waals surface area contributed by atoms with Crippen molar-refractivity contribution >= 4 is 24.2 Å². The second kappa shape index (κ2) is 5.93. The quantitative estimate of drug-likeness (QED) is 0.776. The predicted molar refractivity (Wildman–Crippen MR) is 93.8 cm³/mol. The van der Waals surface area contributed by atoms with Crippen LogP contribution in [0.2, 0.25) is 0 Å². The Morgan fingerprint density at radius 2 is 2.00 bits per heavy atom. The van der Waals surface area contributed by atoms with E-state index in [1.165, 1.54) is 0 Å². The van der Waals surface area contributed by atoms with E-state index in [4.69, 9.17) is 0 Å². The maximum Gasteiger partial charge on any atom is 0.266 e. The van der Waals surface area contributed by atoms with Crippen molar-refractivity contribution in [2.24, 2.45) is 5.92 Å². The number of anilines is 1. The largest absolute Gasteiger partial charge is 0.328 e. The SMILES string of the molecule is Cc1ccccc1N1C(S)=C(C#N)C(=O)NC12CCC(C)CC2. The van der Waals surface area contributed by atoms with E-state index in [-0.39, 0.29) is 11.5 Å². The molecule has 1 fully saturated rings. The molecule has 0 bridgehead atoms. The Kier molecular flexibility index (Phi) is 4.11. The van der Waals surface area contributed by atoms with Gasteiger partial charge in [-0.15, -0.1) is 12.6 Å². The first-order valence-corrected chi connectivity index (χ1v) is 8.45. The smallest absolute Gasteiger partial charge is 0.266 e. The molecule has 4 nitrogen and oxygen atoms in total. The summed E-state index contributed by atoms with van der Waals surface area (Å²) in [6.45, 7) is 4.28. The minimum atomic E-state index is -0.479. The van der Waals surface area contributed by atoms with Crippen LogP contribution in [0.15, 0.2) is 34.9 Å². The zero-order valence-electron chi connectivity index (χ0n) is 13.5. The number of nitriles is 1. The van der Waals surface area contributed by atoms with Crippen molar-refractivity contribution in [3.63, 3.8) is 0 Å². The van der Waals surface area contributed by atoms with Gasteiger partial charge in [-0.05, 0) is 50.2 Å². The summed E-state index contributed by atoms with van der Waals surface area (Å²) in [6.07, 6.45) is 3.81. The van der Waals surface area contributed by atoms with E-state index in [9.17, 15) is 10.1 Å². The average Bonchev–Trinajstić information content (AvgIpc) is 2.52. The Morgan fingerprint density at radius 3 is 2.61 bits per heavy atom. The third kappa shape index (κ3) is 2.61. The van der Waals surface area contributed by atoms with Crippen molar-refractivity contribution in [2.75, 3.05) is 4.90 Å². The van der Waals surface area contributed by atoms with Crippen LogP contribution in [-0.4, -0.2) is 11.6 Å². The average molecular weight is 327 g/mol. The van der Waals surface area contributed by atoms with Crippen molar-refractivity contribution in [1.29, 1.82) is 5.26 Å². The highest BCUT2D eigenvalue weighted by Crippen LogP contribution is 2.43. The van der Waals surface area contributed by atoms with Crippen LogP contribution in [0.4, 0.5) is 5.69 Å². The van der Waals surface area contributed by atoms with Gasteiger partial charge >= 0.3 is 0 Å². The minimum Gasteiger partial charge on any atom is -0.328 e. The van der Waals surface area contributed by atoms with E-state index in [1.54, 1.807) is 0 Å². The van der Waals surface area contributed by atoms with Gasteiger partial charge in [0.1, 0.15) is 17.3 Å². The minimum absolute atomic E-state index is 0.0841. The Bertz CT molecular complexity index is 711. The van der Waals surface area contributed by atoms with Crippen LogP contribution in [0.25, 0.3) is 0 Å². The second-order valence-corrected chi connectivity index (χ2v) is 7.02. The van der Waals surface area contributed by atoms with Gasteiger partial charge in [-0.3, -0.25) is 4.79 Å². The van der Waals surface area contributed by atoms with Gasteiger partial charge in [0.15, 0.2) is 0 Å². The van der Waals surface area contributed by atoms with Crippen LogP contribution in [0.5, 0.6) is 0 Å². The molecule has 1 aliphatic carbocycles. The molecule has 0 saturated heterocycles. The van der Waals surface area contributed by atoms with Crippen molar-refractivity contribution < 1.29 is 4.79 Å². The number of nitrogens with one attached hydrogen (secondary N) is 1. The highest BCUT2D eigenvalue weighted by molar-refractivity contribution is 7.84. The number of carbonyl (C=O) groups excluding carboxylic acids is 1. The zero-order chi connectivity index (χ0) is 16.6. The monoisotopic (exact) mass is 327 g/mol. The summed E-state index contributed by atoms with van der Waals surface area (Å²) < 4.78 is 0. The highest BCUT2D eigenvalue weighted by Gasteiger charge is 2.47. The van der Waals surface area contributed by atoms with Crippen molar-refractivity contribution in [3.05, 3.63) is 40.4 Å². The molecule has 5 heteroatoms. The fraction of sp³-hybridized carbons (Fsp3) is 0.444. The third-order valence-electron chi connectivity index (χ3n) is 5.01. The van der Waals surface area contributed by atoms with Gasteiger partial charge in [0.05, 0.1) is 5.03 Å². The van der Waals surface area contributed by atoms with E-state index in [0.29, 0.717) is 10.9 Å². The molecule has 2 aliphatic rings. The molecule has 1 saturated carbocycles. The van der Waals surface area contributed by atoms with Crippen LogP contribution < -0.4 is 10.2 Å². The number of benzene rings is 1. The summed E-state index contributed by atoms with van der Waals surface area (Å²) in [5.74, 6) is 0.345. The maximum absolute atomic E-state index is 12.4. The first kappa shape index (κ1) is 15.9. The summed E-state index contributed by atoms with van der Waals surface area (Å²) in [5.41, 5.74) is 1.71. The molecule has 1 N–H and O–H groups in total. The zero-order valence-corrected chi connectivity index (χ0v) is 14.4.